The molecule has 4 heteroatoms. The molecule has 0 aliphatic heterocycles. The van der Waals surface area contributed by atoms with Crippen LogP contribution in [-0.2, 0) is 0 Å². The minimum absolute atomic E-state index is 0.250. The highest BCUT2D eigenvalue weighted by Gasteiger charge is 2.21. The van der Waals surface area contributed by atoms with E-state index in [9.17, 15) is 4.39 Å². The van der Waals surface area contributed by atoms with Gasteiger partial charge in [0.1, 0.15) is 11.6 Å². The van der Waals surface area contributed by atoms with Crippen molar-refractivity contribution in [3.8, 4) is 5.75 Å². The molecule has 0 bridgehead atoms. The van der Waals surface area contributed by atoms with Crippen LogP contribution in [-0.4, -0.2) is 7.11 Å². The smallest absolute Gasteiger partial charge is 0.129 e. The average molecular weight is 388 g/mol. The standard InChI is InChI=1S/C15H13Br2FO/c1-9-6-7-13(19-2)10(8-9)15(17)14-11(16)4-3-5-12(14)18/h3-8,15H,1-2H3. The first-order valence-corrected chi connectivity index (χ1v) is 7.48. The largest absolute Gasteiger partial charge is 0.496 e. The molecule has 2 aromatic carbocycles. The van der Waals surface area contributed by atoms with E-state index < -0.39 is 0 Å². The molecule has 0 aromatic heterocycles. The number of benzene rings is 2. The summed E-state index contributed by atoms with van der Waals surface area (Å²) < 4.78 is 20.1. The van der Waals surface area contributed by atoms with Crippen LogP contribution in [0.2, 0.25) is 0 Å². The van der Waals surface area contributed by atoms with E-state index in [-0.39, 0.29) is 10.6 Å². The molecule has 0 spiro atoms. The summed E-state index contributed by atoms with van der Waals surface area (Å²) >= 11 is 6.97. The van der Waals surface area contributed by atoms with Crippen molar-refractivity contribution in [2.24, 2.45) is 0 Å². The molecular weight excluding hydrogens is 375 g/mol. The maximum absolute atomic E-state index is 14.0. The van der Waals surface area contributed by atoms with Gasteiger partial charge >= 0.3 is 0 Å². The molecule has 0 aliphatic rings. The lowest BCUT2D eigenvalue weighted by molar-refractivity contribution is 0.410. The van der Waals surface area contributed by atoms with E-state index in [0.29, 0.717) is 5.56 Å². The number of hydrogen-bond acceptors (Lipinski definition) is 1. The van der Waals surface area contributed by atoms with E-state index >= 15 is 0 Å². The minimum Gasteiger partial charge on any atom is -0.496 e. The molecule has 0 fully saturated rings. The summed E-state index contributed by atoms with van der Waals surface area (Å²) in [6.07, 6.45) is 0. The van der Waals surface area contributed by atoms with Crippen LogP contribution < -0.4 is 4.74 Å². The lowest BCUT2D eigenvalue weighted by Crippen LogP contribution is -2.01. The van der Waals surface area contributed by atoms with E-state index in [4.69, 9.17) is 4.74 Å². The van der Waals surface area contributed by atoms with Gasteiger partial charge in [0.2, 0.25) is 0 Å². The van der Waals surface area contributed by atoms with Gasteiger partial charge in [-0.05, 0) is 25.1 Å². The van der Waals surface area contributed by atoms with Gasteiger partial charge in [-0.1, -0.05) is 55.6 Å². The molecule has 1 nitrogen and oxygen atoms in total. The Bertz CT molecular complexity index is 578. The first-order chi connectivity index (χ1) is 9.04. The first-order valence-electron chi connectivity index (χ1n) is 5.77. The molecule has 2 rings (SSSR count). The lowest BCUT2D eigenvalue weighted by atomic mass is 10.0. The zero-order chi connectivity index (χ0) is 14.0. The van der Waals surface area contributed by atoms with Crippen molar-refractivity contribution in [3.05, 3.63) is 63.4 Å². The Balaban J connectivity index is 2.55. The van der Waals surface area contributed by atoms with Gasteiger partial charge < -0.3 is 4.74 Å². The third-order valence-electron chi connectivity index (χ3n) is 2.91. The molecular formula is C15H13Br2FO. The van der Waals surface area contributed by atoms with Gasteiger partial charge in [-0.15, -0.1) is 0 Å². The van der Waals surface area contributed by atoms with E-state index in [1.807, 2.05) is 31.2 Å². The van der Waals surface area contributed by atoms with Gasteiger partial charge in [-0.3, -0.25) is 0 Å². The van der Waals surface area contributed by atoms with E-state index in [1.165, 1.54) is 6.07 Å². The molecule has 1 atom stereocenters. The van der Waals surface area contributed by atoms with Crippen molar-refractivity contribution in [1.82, 2.24) is 0 Å². The number of halogens is 3. The van der Waals surface area contributed by atoms with Crippen LogP contribution in [0.5, 0.6) is 5.75 Å². The fraction of sp³-hybridized carbons (Fsp3) is 0.200. The van der Waals surface area contributed by atoms with Crippen LogP contribution in [0, 0.1) is 12.7 Å². The molecule has 0 heterocycles. The second-order valence-corrected chi connectivity index (χ2v) is 6.01. The third kappa shape index (κ3) is 3.00. The Morgan fingerprint density at radius 2 is 1.95 bits per heavy atom. The van der Waals surface area contributed by atoms with Gasteiger partial charge in [0, 0.05) is 15.6 Å². The average Bonchev–Trinajstić information content (AvgIpc) is 2.38. The fourth-order valence-electron chi connectivity index (χ4n) is 1.96. The number of rotatable bonds is 3. The van der Waals surface area contributed by atoms with Crippen LogP contribution in [0.15, 0.2) is 40.9 Å². The van der Waals surface area contributed by atoms with Crippen LogP contribution >= 0.6 is 31.9 Å². The van der Waals surface area contributed by atoms with Crippen LogP contribution in [0.25, 0.3) is 0 Å². The van der Waals surface area contributed by atoms with E-state index in [2.05, 4.69) is 31.9 Å². The van der Waals surface area contributed by atoms with E-state index in [1.54, 1.807) is 13.2 Å². The Hall–Kier alpha value is -0.870. The highest BCUT2D eigenvalue weighted by Crippen LogP contribution is 2.41. The second-order valence-electron chi connectivity index (χ2n) is 4.24. The van der Waals surface area contributed by atoms with Crippen molar-refractivity contribution >= 4 is 31.9 Å². The molecule has 1 unspecified atom stereocenters. The van der Waals surface area contributed by atoms with Gasteiger partial charge in [0.15, 0.2) is 0 Å². The normalized spacial score (nSPS) is 12.3. The first kappa shape index (κ1) is 14.5. The zero-order valence-corrected chi connectivity index (χ0v) is 13.8. The summed E-state index contributed by atoms with van der Waals surface area (Å²) in [6.45, 7) is 2.00. The quantitative estimate of drug-likeness (QED) is 0.641. The number of hydrogen-bond donors (Lipinski definition) is 0. The Kier molecular flexibility index (Phi) is 4.63. The molecule has 0 aliphatic carbocycles. The summed E-state index contributed by atoms with van der Waals surface area (Å²) in [5.74, 6) is 0.488. The molecule has 0 radical (unpaired) electrons. The monoisotopic (exact) mass is 386 g/mol. The highest BCUT2D eigenvalue weighted by molar-refractivity contribution is 9.11. The van der Waals surface area contributed by atoms with Gasteiger partial charge in [-0.2, -0.15) is 0 Å². The molecule has 0 N–H and O–H groups in total. The highest BCUT2D eigenvalue weighted by atomic mass is 79.9. The molecule has 19 heavy (non-hydrogen) atoms. The summed E-state index contributed by atoms with van der Waals surface area (Å²) in [5.41, 5.74) is 2.59. The lowest BCUT2D eigenvalue weighted by Gasteiger charge is -2.17. The predicted octanol–water partition coefficient (Wildman–Crippen LogP) is 5.39. The molecule has 0 saturated heterocycles. The number of aryl methyl sites for hydroxylation is 1. The second kappa shape index (κ2) is 6.06. The summed E-state index contributed by atoms with van der Waals surface area (Å²) in [4.78, 5) is -0.266. The van der Waals surface area contributed by atoms with Crippen molar-refractivity contribution in [1.29, 1.82) is 0 Å². The summed E-state index contributed by atoms with van der Waals surface area (Å²) in [7, 11) is 1.62. The van der Waals surface area contributed by atoms with Crippen LogP contribution in [0.4, 0.5) is 4.39 Å². The maximum Gasteiger partial charge on any atom is 0.129 e. The van der Waals surface area contributed by atoms with Crippen molar-refractivity contribution in [2.75, 3.05) is 7.11 Å². The Morgan fingerprint density at radius 3 is 2.58 bits per heavy atom. The Morgan fingerprint density at radius 1 is 1.21 bits per heavy atom. The molecule has 2 aromatic rings. The molecule has 100 valence electrons. The number of alkyl halides is 1. The van der Waals surface area contributed by atoms with Gasteiger partial charge in [0.05, 0.1) is 11.9 Å². The van der Waals surface area contributed by atoms with E-state index in [0.717, 1.165) is 21.3 Å². The number of ether oxygens (including phenoxy) is 1. The predicted molar refractivity (Wildman–Crippen MR) is 82.6 cm³/mol. The van der Waals surface area contributed by atoms with Gasteiger partial charge in [0.25, 0.3) is 0 Å². The van der Waals surface area contributed by atoms with Gasteiger partial charge in [-0.25, -0.2) is 4.39 Å². The zero-order valence-electron chi connectivity index (χ0n) is 10.6. The van der Waals surface area contributed by atoms with Crippen LogP contribution in [0.1, 0.15) is 21.5 Å². The summed E-state index contributed by atoms with van der Waals surface area (Å²) in [5, 5.41) is 0. The maximum atomic E-state index is 14.0. The minimum atomic E-state index is -0.266. The molecule has 0 saturated carbocycles. The van der Waals surface area contributed by atoms with Crippen molar-refractivity contribution in [3.63, 3.8) is 0 Å². The molecule has 0 amide bonds. The number of methoxy groups -OCH3 is 1. The Labute approximate surface area is 129 Å². The van der Waals surface area contributed by atoms with Crippen molar-refractivity contribution in [2.45, 2.75) is 11.8 Å². The third-order valence-corrected chi connectivity index (χ3v) is 4.55. The summed E-state index contributed by atoms with van der Waals surface area (Å²) in [6, 6.07) is 10.8. The fourth-order valence-corrected chi connectivity index (χ4v) is 3.66. The van der Waals surface area contributed by atoms with Crippen LogP contribution in [0.3, 0.4) is 0 Å². The van der Waals surface area contributed by atoms with Crippen molar-refractivity contribution < 1.29 is 9.13 Å². The topological polar surface area (TPSA) is 9.23 Å². The SMILES string of the molecule is COc1ccc(C)cc1C(Br)c1c(F)cccc1Br.